The van der Waals surface area contributed by atoms with Crippen molar-refractivity contribution in [3.63, 3.8) is 0 Å². The van der Waals surface area contributed by atoms with E-state index in [2.05, 4.69) is 48.8 Å². The lowest BCUT2D eigenvalue weighted by Gasteiger charge is -2.32. The fraction of sp³-hybridized carbons (Fsp3) is 0.375. The van der Waals surface area contributed by atoms with Crippen LogP contribution in [0.5, 0.6) is 0 Å². The normalized spacial score (nSPS) is 17.2. The fourth-order valence-electron chi connectivity index (χ4n) is 5.79. The van der Waals surface area contributed by atoms with Gasteiger partial charge in [-0.05, 0) is 80.5 Å². The first-order valence-electron chi connectivity index (χ1n) is 14.4. The number of aromatic nitrogens is 3. The molecular formula is C32H37F2N7. The van der Waals surface area contributed by atoms with Crippen molar-refractivity contribution < 1.29 is 8.78 Å². The quantitative estimate of drug-likeness (QED) is 0.289. The molecule has 9 heteroatoms. The Morgan fingerprint density at radius 1 is 0.927 bits per heavy atom. The topological polar surface area (TPSA) is 63.3 Å². The number of hydrogen-bond donors (Lipinski definition) is 2. The minimum absolute atomic E-state index is 0.254. The number of hydrogen-bond acceptors (Lipinski definition) is 6. The van der Waals surface area contributed by atoms with Gasteiger partial charge < -0.3 is 10.2 Å². The van der Waals surface area contributed by atoms with E-state index in [0.29, 0.717) is 23.5 Å². The van der Waals surface area contributed by atoms with E-state index < -0.39 is 11.6 Å². The maximum Gasteiger partial charge on any atom is 0.166 e. The van der Waals surface area contributed by atoms with Crippen LogP contribution in [0.2, 0.25) is 0 Å². The molecule has 4 heterocycles. The van der Waals surface area contributed by atoms with Gasteiger partial charge in [-0.25, -0.2) is 8.78 Å². The first-order valence-corrected chi connectivity index (χ1v) is 14.4. The Bertz CT molecular complexity index is 1520. The lowest BCUT2D eigenvalue weighted by Crippen LogP contribution is -2.43. The first-order chi connectivity index (χ1) is 19.9. The number of halogens is 2. The van der Waals surface area contributed by atoms with E-state index in [0.717, 1.165) is 86.5 Å². The molecule has 2 aliphatic rings. The van der Waals surface area contributed by atoms with Gasteiger partial charge in [0.2, 0.25) is 0 Å². The first kappa shape index (κ1) is 27.5. The largest absolute Gasteiger partial charge is 0.353 e. The number of H-pyrrole nitrogens is 1. The van der Waals surface area contributed by atoms with Gasteiger partial charge in [0.1, 0.15) is 5.69 Å². The Morgan fingerprint density at radius 2 is 1.71 bits per heavy atom. The van der Waals surface area contributed by atoms with Crippen LogP contribution in [0.3, 0.4) is 0 Å². The fourth-order valence-corrected chi connectivity index (χ4v) is 5.79. The number of likely N-dealkylation sites (N-methyl/N-ethyl adjacent to an activating group) is 1. The van der Waals surface area contributed by atoms with Gasteiger partial charge in [0, 0.05) is 50.2 Å². The molecular weight excluding hydrogens is 520 g/mol. The van der Waals surface area contributed by atoms with Crippen LogP contribution >= 0.6 is 0 Å². The molecule has 0 atom stereocenters. The Labute approximate surface area is 239 Å². The molecule has 214 valence electrons. The van der Waals surface area contributed by atoms with Crippen molar-refractivity contribution in [3.8, 4) is 11.1 Å². The third-order valence-corrected chi connectivity index (χ3v) is 8.20. The molecule has 2 aromatic carbocycles. The molecule has 2 aromatic heterocycles. The molecule has 2 fully saturated rings. The second-order valence-electron chi connectivity index (χ2n) is 11.3. The smallest absolute Gasteiger partial charge is 0.166 e. The van der Waals surface area contributed by atoms with Crippen molar-refractivity contribution in [1.82, 2.24) is 29.9 Å². The Hall–Kier alpha value is -3.66. The van der Waals surface area contributed by atoms with Gasteiger partial charge in [-0.3, -0.25) is 19.9 Å². The zero-order chi connectivity index (χ0) is 28.3. The van der Waals surface area contributed by atoms with E-state index in [4.69, 9.17) is 0 Å². The van der Waals surface area contributed by atoms with E-state index in [9.17, 15) is 4.39 Å². The molecule has 7 nitrogen and oxygen atoms in total. The summed E-state index contributed by atoms with van der Waals surface area (Å²) in [6.45, 7) is 11.9. The summed E-state index contributed by atoms with van der Waals surface area (Å²) in [6, 6.07) is 12.6. The summed E-state index contributed by atoms with van der Waals surface area (Å²) in [5, 5.41) is 11.6. The number of nitrogens with one attached hydrogen (secondary N) is 2. The number of benzene rings is 2. The number of aromatic amines is 1. The highest BCUT2D eigenvalue weighted by atomic mass is 19.2. The van der Waals surface area contributed by atoms with Gasteiger partial charge in [-0.2, -0.15) is 5.10 Å². The van der Waals surface area contributed by atoms with Crippen molar-refractivity contribution in [2.45, 2.75) is 32.4 Å². The van der Waals surface area contributed by atoms with Crippen LogP contribution in [-0.2, 0) is 13.1 Å². The highest BCUT2D eigenvalue weighted by Crippen LogP contribution is 2.32. The van der Waals surface area contributed by atoms with E-state index >= 15 is 4.39 Å². The minimum Gasteiger partial charge on any atom is -0.353 e. The zero-order valence-electron chi connectivity index (χ0n) is 23.6. The number of rotatable bonds is 8. The van der Waals surface area contributed by atoms with Crippen LogP contribution in [0.1, 0.15) is 36.2 Å². The van der Waals surface area contributed by atoms with Crippen molar-refractivity contribution in [2.24, 2.45) is 0 Å². The maximum absolute atomic E-state index is 15.1. The molecule has 0 aliphatic carbocycles. The van der Waals surface area contributed by atoms with E-state index in [1.165, 1.54) is 12.5 Å². The van der Waals surface area contributed by atoms with Gasteiger partial charge >= 0.3 is 0 Å². The van der Waals surface area contributed by atoms with Crippen molar-refractivity contribution >= 4 is 22.3 Å². The average Bonchev–Trinajstić information content (AvgIpc) is 3.41. The summed E-state index contributed by atoms with van der Waals surface area (Å²) in [4.78, 5) is 11.7. The van der Waals surface area contributed by atoms with Crippen LogP contribution < -0.4 is 5.32 Å². The number of likely N-dealkylation sites (tertiary alicyclic amines) is 1. The van der Waals surface area contributed by atoms with Crippen LogP contribution in [0.25, 0.3) is 27.7 Å². The number of fused-ring (bicyclic) bond motifs is 1. The van der Waals surface area contributed by atoms with Crippen molar-refractivity contribution in [1.29, 1.82) is 0 Å². The van der Waals surface area contributed by atoms with Gasteiger partial charge in [0.15, 0.2) is 11.6 Å². The van der Waals surface area contributed by atoms with E-state index in [-0.39, 0.29) is 5.56 Å². The molecule has 0 spiro atoms. The third kappa shape index (κ3) is 6.32. The Kier molecular flexibility index (Phi) is 8.09. The van der Waals surface area contributed by atoms with Crippen molar-refractivity contribution in [2.75, 3.05) is 51.6 Å². The number of nitrogens with zero attached hydrogens (tertiary/aromatic N) is 5. The summed E-state index contributed by atoms with van der Waals surface area (Å²) in [6.07, 6.45) is 5.32. The molecule has 0 radical (unpaired) electrons. The lowest BCUT2D eigenvalue weighted by molar-refractivity contribution is 0.147. The van der Waals surface area contributed by atoms with E-state index in [1.807, 2.05) is 30.5 Å². The number of piperazine rings is 1. The summed E-state index contributed by atoms with van der Waals surface area (Å²) in [7, 11) is 2.15. The van der Waals surface area contributed by atoms with Gasteiger partial charge in [-0.15, -0.1) is 0 Å². The lowest BCUT2D eigenvalue weighted by atomic mass is 9.99. The monoisotopic (exact) mass is 557 g/mol. The second-order valence-corrected chi connectivity index (χ2v) is 11.3. The van der Waals surface area contributed by atoms with Crippen LogP contribution in [0.15, 0.2) is 55.2 Å². The second kappa shape index (κ2) is 12.1. The average molecular weight is 558 g/mol. The highest BCUT2D eigenvalue weighted by molar-refractivity contribution is 5.95. The molecule has 0 amide bonds. The van der Waals surface area contributed by atoms with Crippen molar-refractivity contribution in [3.05, 3.63) is 83.8 Å². The van der Waals surface area contributed by atoms with Gasteiger partial charge in [0.05, 0.1) is 28.8 Å². The van der Waals surface area contributed by atoms with E-state index in [1.54, 1.807) is 12.1 Å². The Balaban J connectivity index is 1.19. The zero-order valence-corrected chi connectivity index (χ0v) is 23.6. The summed E-state index contributed by atoms with van der Waals surface area (Å²) >= 11 is 0. The molecule has 0 bridgehead atoms. The molecule has 2 aliphatic heterocycles. The highest BCUT2D eigenvalue weighted by Gasteiger charge is 2.18. The number of anilines is 1. The summed E-state index contributed by atoms with van der Waals surface area (Å²) in [5.74, 6) is -1.66. The predicted molar refractivity (Wildman–Crippen MR) is 160 cm³/mol. The van der Waals surface area contributed by atoms with Crippen LogP contribution in [0.4, 0.5) is 14.5 Å². The Morgan fingerprint density at radius 3 is 2.46 bits per heavy atom. The molecule has 0 unspecified atom stereocenters. The van der Waals surface area contributed by atoms with Gasteiger partial charge in [0.25, 0.3) is 0 Å². The SMILES string of the molecule is C=C(Nc1ccc(CN2CCN(C)CC2)nc1)c1n[nH]c2ccc(-c3cc(CN4CCCCC4)cc(F)c3F)cc12. The van der Waals surface area contributed by atoms with Crippen LogP contribution in [0, 0.1) is 11.6 Å². The molecule has 2 saturated heterocycles. The molecule has 2 N–H and O–H groups in total. The van der Waals surface area contributed by atoms with Crippen LogP contribution in [-0.4, -0.2) is 76.2 Å². The summed E-state index contributed by atoms with van der Waals surface area (Å²) < 4.78 is 29.8. The summed E-state index contributed by atoms with van der Waals surface area (Å²) in [5.41, 5.74) is 5.46. The molecule has 6 rings (SSSR count). The van der Waals surface area contributed by atoms with Gasteiger partial charge in [-0.1, -0.05) is 19.1 Å². The molecule has 4 aromatic rings. The maximum atomic E-state index is 15.1. The number of piperidine rings is 1. The number of pyridine rings is 1. The molecule has 0 saturated carbocycles. The predicted octanol–water partition coefficient (Wildman–Crippen LogP) is 5.72. The molecule has 41 heavy (non-hydrogen) atoms. The third-order valence-electron chi connectivity index (χ3n) is 8.20. The standard InChI is InChI=1S/C32H37F2N7/c1-22(36-25-7-8-26(35-19-25)21-41-14-12-39(2)13-15-41)32-28-18-24(6-9-30(28)37-38-32)27-16-23(17-29(33)31(27)34)20-40-10-4-3-5-11-40/h6-9,16-19,36H,1,3-5,10-15,20-21H2,2H3,(H,37,38). The minimum atomic E-state index is -0.837.